The molecule has 0 saturated heterocycles. The van der Waals surface area contributed by atoms with Gasteiger partial charge in [-0.15, -0.1) is 5.10 Å². The first-order chi connectivity index (χ1) is 11.7. The molecule has 2 aromatic heterocycles. The molecule has 3 rings (SSSR count). The van der Waals surface area contributed by atoms with Crippen molar-refractivity contribution in [2.24, 2.45) is 0 Å². The lowest BCUT2D eigenvalue weighted by atomic mass is 10.2. The number of hydrogen-bond donors (Lipinski definition) is 1. The first-order valence-electron chi connectivity index (χ1n) is 7.93. The highest BCUT2D eigenvalue weighted by atomic mass is 16.3. The summed E-state index contributed by atoms with van der Waals surface area (Å²) >= 11 is 0. The molecule has 0 aliphatic carbocycles. The van der Waals surface area contributed by atoms with Crippen molar-refractivity contribution in [1.29, 1.82) is 0 Å². The van der Waals surface area contributed by atoms with Crippen LogP contribution in [0.15, 0.2) is 53.1 Å². The largest absolute Gasteiger partial charge is 0.468 e. The standard InChI is InChI=1S/C17H22N6O/c1-22(2)15(16-9-6-10-24-16)11-18-12-17-19-20-21-23(17)13-14-7-4-3-5-8-14/h3-10,15,18H,11-13H2,1-2H3. The van der Waals surface area contributed by atoms with Gasteiger partial charge in [-0.05, 0) is 42.2 Å². The highest BCUT2D eigenvalue weighted by Gasteiger charge is 2.17. The molecule has 7 heteroatoms. The Morgan fingerprint density at radius 3 is 2.71 bits per heavy atom. The van der Waals surface area contributed by atoms with E-state index in [0.29, 0.717) is 13.1 Å². The molecule has 0 bridgehead atoms. The molecule has 0 amide bonds. The SMILES string of the molecule is CN(C)C(CNCc1nnnn1Cc1ccccc1)c1ccco1. The van der Waals surface area contributed by atoms with E-state index >= 15 is 0 Å². The first-order valence-corrected chi connectivity index (χ1v) is 7.93. The molecule has 1 aromatic carbocycles. The Kier molecular flexibility index (Phi) is 5.35. The predicted molar refractivity (Wildman–Crippen MR) is 90.2 cm³/mol. The van der Waals surface area contributed by atoms with Gasteiger partial charge in [-0.1, -0.05) is 30.3 Å². The number of rotatable bonds is 8. The zero-order valence-electron chi connectivity index (χ0n) is 14.0. The van der Waals surface area contributed by atoms with E-state index < -0.39 is 0 Å². The van der Waals surface area contributed by atoms with E-state index in [1.54, 1.807) is 6.26 Å². The number of nitrogens with zero attached hydrogens (tertiary/aromatic N) is 5. The number of furan rings is 1. The maximum Gasteiger partial charge on any atom is 0.165 e. The van der Waals surface area contributed by atoms with Crippen molar-refractivity contribution in [3.8, 4) is 0 Å². The smallest absolute Gasteiger partial charge is 0.165 e. The second-order valence-corrected chi connectivity index (χ2v) is 5.86. The molecule has 2 heterocycles. The molecule has 0 saturated carbocycles. The zero-order valence-corrected chi connectivity index (χ0v) is 14.0. The monoisotopic (exact) mass is 326 g/mol. The van der Waals surface area contributed by atoms with E-state index in [-0.39, 0.29) is 6.04 Å². The maximum absolute atomic E-state index is 5.52. The van der Waals surface area contributed by atoms with Crippen molar-refractivity contribution in [3.05, 3.63) is 65.9 Å². The molecule has 1 unspecified atom stereocenters. The van der Waals surface area contributed by atoms with Crippen molar-refractivity contribution in [2.45, 2.75) is 19.1 Å². The Labute approximate surface area is 141 Å². The molecule has 0 spiro atoms. The number of likely N-dealkylation sites (N-methyl/N-ethyl adjacent to an activating group) is 1. The van der Waals surface area contributed by atoms with Crippen LogP contribution < -0.4 is 5.32 Å². The third-order valence-electron chi connectivity index (χ3n) is 3.90. The highest BCUT2D eigenvalue weighted by molar-refractivity contribution is 5.15. The Morgan fingerprint density at radius 1 is 1.17 bits per heavy atom. The van der Waals surface area contributed by atoms with Gasteiger partial charge < -0.3 is 9.73 Å². The fourth-order valence-electron chi connectivity index (χ4n) is 2.57. The average Bonchev–Trinajstić information content (AvgIpc) is 3.24. The molecule has 0 fully saturated rings. The van der Waals surface area contributed by atoms with Crippen molar-refractivity contribution in [1.82, 2.24) is 30.4 Å². The second-order valence-electron chi connectivity index (χ2n) is 5.86. The van der Waals surface area contributed by atoms with Crippen LogP contribution in [0.1, 0.15) is 23.2 Å². The Morgan fingerprint density at radius 2 is 2.00 bits per heavy atom. The maximum atomic E-state index is 5.52. The topological polar surface area (TPSA) is 72.0 Å². The third kappa shape index (κ3) is 4.06. The van der Waals surface area contributed by atoms with Crippen LogP contribution in [0.25, 0.3) is 0 Å². The zero-order chi connectivity index (χ0) is 16.8. The summed E-state index contributed by atoms with van der Waals surface area (Å²) in [6.07, 6.45) is 1.70. The van der Waals surface area contributed by atoms with Crippen LogP contribution in [-0.4, -0.2) is 45.7 Å². The lowest BCUT2D eigenvalue weighted by Crippen LogP contribution is -2.31. The van der Waals surface area contributed by atoms with Gasteiger partial charge in [0.1, 0.15) is 5.76 Å². The highest BCUT2D eigenvalue weighted by Crippen LogP contribution is 2.17. The molecule has 3 aromatic rings. The fraction of sp³-hybridized carbons (Fsp3) is 0.353. The number of hydrogen-bond acceptors (Lipinski definition) is 6. The van der Waals surface area contributed by atoms with Gasteiger partial charge in [0.2, 0.25) is 0 Å². The number of benzene rings is 1. The summed E-state index contributed by atoms with van der Waals surface area (Å²) in [6.45, 7) is 2.02. The van der Waals surface area contributed by atoms with Gasteiger partial charge in [-0.3, -0.25) is 4.90 Å². The minimum atomic E-state index is 0.165. The van der Waals surface area contributed by atoms with Crippen LogP contribution in [0.3, 0.4) is 0 Å². The van der Waals surface area contributed by atoms with Crippen LogP contribution in [0.5, 0.6) is 0 Å². The van der Waals surface area contributed by atoms with Crippen molar-refractivity contribution < 1.29 is 4.42 Å². The summed E-state index contributed by atoms with van der Waals surface area (Å²) in [5.74, 6) is 1.76. The van der Waals surface area contributed by atoms with Crippen molar-refractivity contribution in [2.75, 3.05) is 20.6 Å². The van der Waals surface area contributed by atoms with Crippen molar-refractivity contribution >= 4 is 0 Å². The third-order valence-corrected chi connectivity index (χ3v) is 3.90. The predicted octanol–water partition coefficient (Wildman–Crippen LogP) is 1.71. The van der Waals surface area contributed by atoms with Gasteiger partial charge in [-0.25, -0.2) is 4.68 Å². The van der Waals surface area contributed by atoms with E-state index in [1.807, 2.05) is 49.1 Å². The Balaban J connectivity index is 1.58. The van der Waals surface area contributed by atoms with Gasteiger partial charge in [0, 0.05) is 6.54 Å². The van der Waals surface area contributed by atoms with E-state index in [1.165, 1.54) is 5.56 Å². The van der Waals surface area contributed by atoms with Crippen LogP contribution in [0.2, 0.25) is 0 Å². The van der Waals surface area contributed by atoms with Gasteiger partial charge in [0.25, 0.3) is 0 Å². The van der Waals surface area contributed by atoms with Gasteiger partial charge in [0.15, 0.2) is 5.82 Å². The van der Waals surface area contributed by atoms with E-state index in [0.717, 1.165) is 18.1 Å². The summed E-state index contributed by atoms with van der Waals surface area (Å²) in [4.78, 5) is 2.12. The molecular weight excluding hydrogens is 304 g/mol. The number of tetrazole rings is 1. The van der Waals surface area contributed by atoms with Gasteiger partial charge in [0.05, 0.1) is 25.4 Å². The lowest BCUT2D eigenvalue weighted by Gasteiger charge is -2.22. The second kappa shape index (κ2) is 7.85. The van der Waals surface area contributed by atoms with Gasteiger partial charge in [-0.2, -0.15) is 0 Å². The van der Waals surface area contributed by atoms with E-state index in [2.05, 4.69) is 37.9 Å². The number of aromatic nitrogens is 4. The molecule has 24 heavy (non-hydrogen) atoms. The molecule has 0 aliphatic rings. The number of nitrogens with one attached hydrogen (secondary N) is 1. The minimum Gasteiger partial charge on any atom is -0.468 e. The average molecular weight is 326 g/mol. The van der Waals surface area contributed by atoms with Crippen LogP contribution in [-0.2, 0) is 13.1 Å². The summed E-state index contributed by atoms with van der Waals surface area (Å²) in [7, 11) is 4.07. The molecule has 1 atom stereocenters. The lowest BCUT2D eigenvalue weighted by molar-refractivity contribution is 0.249. The summed E-state index contributed by atoms with van der Waals surface area (Å²) in [5.41, 5.74) is 1.17. The van der Waals surface area contributed by atoms with Crippen LogP contribution >= 0.6 is 0 Å². The van der Waals surface area contributed by atoms with E-state index in [9.17, 15) is 0 Å². The fourth-order valence-corrected chi connectivity index (χ4v) is 2.57. The molecule has 126 valence electrons. The minimum absolute atomic E-state index is 0.165. The van der Waals surface area contributed by atoms with Gasteiger partial charge >= 0.3 is 0 Å². The van der Waals surface area contributed by atoms with Crippen LogP contribution in [0, 0.1) is 0 Å². The molecule has 0 aliphatic heterocycles. The molecule has 7 nitrogen and oxygen atoms in total. The first kappa shape index (κ1) is 16.4. The normalized spacial score (nSPS) is 12.6. The quantitative estimate of drug-likeness (QED) is 0.679. The molecular formula is C17H22N6O. The summed E-state index contributed by atoms with van der Waals surface area (Å²) in [5, 5.41) is 15.4. The Hall–Kier alpha value is -2.51. The molecule has 0 radical (unpaired) electrons. The van der Waals surface area contributed by atoms with Crippen LogP contribution in [0.4, 0.5) is 0 Å². The summed E-state index contributed by atoms with van der Waals surface area (Å²) in [6, 6.07) is 14.2. The summed E-state index contributed by atoms with van der Waals surface area (Å²) < 4.78 is 7.34. The van der Waals surface area contributed by atoms with E-state index in [4.69, 9.17) is 4.42 Å². The van der Waals surface area contributed by atoms with Crippen molar-refractivity contribution in [3.63, 3.8) is 0 Å². The Bertz CT molecular complexity index is 723. The molecule has 1 N–H and O–H groups in total.